The first-order chi connectivity index (χ1) is 11.9. The lowest BCUT2D eigenvalue weighted by atomic mass is 10.1. The maximum Gasteiger partial charge on any atom is 0.214 e. The second-order valence-electron chi connectivity index (χ2n) is 5.83. The number of rotatable bonds is 7. The third-order valence-corrected chi connectivity index (χ3v) is 6.46. The lowest BCUT2D eigenvalue weighted by molar-refractivity contribution is 0.445. The van der Waals surface area contributed by atoms with Gasteiger partial charge in [-0.3, -0.25) is 4.99 Å². The van der Waals surface area contributed by atoms with E-state index in [9.17, 15) is 12.8 Å². The number of hydrogen-bond donors (Lipinski definition) is 2. The van der Waals surface area contributed by atoms with Gasteiger partial charge < -0.3 is 10.6 Å². The molecule has 1 aromatic carbocycles. The van der Waals surface area contributed by atoms with Gasteiger partial charge in [-0.15, -0.1) is 0 Å². The Hall–Kier alpha value is -1.19. The van der Waals surface area contributed by atoms with Gasteiger partial charge >= 0.3 is 0 Å². The molecule has 1 heterocycles. The summed E-state index contributed by atoms with van der Waals surface area (Å²) in [5, 5.41) is 6.26. The van der Waals surface area contributed by atoms with E-state index in [1.54, 1.807) is 13.1 Å². The van der Waals surface area contributed by atoms with E-state index in [4.69, 9.17) is 0 Å². The highest BCUT2D eigenvalue weighted by Crippen LogP contribution is 2.16. The average Bonchev–Trinajstić information content (AvgIpc) is 2.90. The molecule has 140 valence electrons. The van der Waals surface area contributed by atoms with E-state index in [1.165, 1.54) is 10.4 Å². The number of aryl methyl sites for hydroxylation is 1. The molecular formula is C16H24BrFN4O2S. The lowest BCUT2D eigenvalue weighted by Gasteiger charge is -2.16. The minimum absolute atomic E-state index is 0.205. The van der Waals surface area contributed by atoms with Crippen LogP contribution < -0.4 is 10.6 Å². The van der Waals surface area contributed by atoms with Gasteiger partial charge in [0.05, 0.1) is 5.75 Å². The summed E-state index contributed by atoms with van der Waals surface area (Å²) in [5.74, 6) is 0.656. The second kappa shape index (κ2) is 9.49. The van der Waals surface area contributed by atoms with Crippen molar-refractivity contribution in [2.75, 3.05) is 39.0 Å². The largest absolute Gasteiger partial charge is 0.356 e. The van der Waals surface area contributed by atoms with Crippen LogP contribution in [0.1, 0.15) is 18.4 Å². The van der Waals surface area contributed by atoms with Crippen molar-refractivity contribution in [2.24, 2.45) is 4.99 Å². The van der Waals surface area contributed by atoms with Crippen LogP contribution in [-0.4, -0.2) is 57.7 Å². The van der Waals surface area contributed by atoms with E-state index in [1.807, 2.05) is 6.07 Å². The molecule has 9 heteroatoms. The molecule has 6 nitrogen and oxygen atoms in total. The summed E-state index contributed by atoms with van der Waals surface area (Å²) in [7, 11) is -1.39. The van der Waals surface area contributed by atoms with Crippen LogP contribution in [0, 0.1) is 5.82 Å². The average molecular weight is 435 g/mol. The highest BCUT2D eigenvalue weighted by atomic mass is 79.9. The van der Waals surface area contributed by atoms with Crippen LogP contribution >= 0.6 is 15.9 Å². The van der Waals surface area contributed by atoms with Gasteiger partial charge in [0.1, 0.15) is 5.82 Å². The van der Waals surface area contributed by atoms with Crippen molar-refractivity contribution in [3.63, 3.8) is 0 Å². The number of benzene rings is 1. The molecule has 1 aliphatic heterocycles. The van der Waals surface area contributed by atoms with Crippen molar-refractivity contribution < 1.29 is 12.8 Å². The predicted molar refractivity (Wildman–Crippen MR) is 102 cm³/mol. The molecule has 25 heavy (non-hydrogen) atoms. The molecule has 0 spiro atoms. The Morgan fingerprint density at radius 1 is 1.36 bits per heavy atom. The fourth-order valence-electron chi connectivity index (χ4n) is 2.67. The van der Waals surface area contributed by atoms with Gasteiger partial charge in [-0.1, -0.05) is 22.0 Å². The summed E-state index contributed by atoms with van der Waals surface area (Å²) in [6.45, 7) is 2.18. The van der Waals surface area contributed by atoms with E-state index < -0.39 is 10.0 Å². The van der Waals surface area contributed by atoms with Crippen LogP contribution in [0.5, 0.6) is 0 Å². The third-order valence-electron chi connectivity index (χ3n) is 4.01. The molecule has 0 radical (unpaired) electrons. The summed E-state index contributed by atoms with van der Waals surface area (Å²) in [6.07, 6.45) is 2.09. The molecule has 1 aromatic rings. The minimum Gasteiger partial charge on any atom is -0.356 e. The molecule has 0 bridgehead atoms. The Bertz CT molecular complexity index is 712. The van der Waals surface area contributed by atoms with E-state index in [0.717, 1.165) is 10.9 Å². The molecule has 1 fully saturated rings. The zero-order valence-corrected chi connectivity index (χ0v) is 16.7. The molecule has 1 saturated heterocycles. The number of halogens is 2. The molecule has 2 rings (SSSR count). The molecule has 1 aliphatic rings. The summed E-state index contributed by atoms with van der Waals surface area (Å²) in [6, 6.07) is 5.08. The standard InChI is InChI=1S/C16H24BrFN4O2S/c1-19-16(21-8-10-22-9-3-11-25(22,23)24)20-7-2-4-13-5-6-14(17)12-15(13)18/h5-6,12H,2-4,7-11H2,1H3,(H2,19,20,21). The Kier molecular flexibility index (Phi) is 7.64. The lowest BCUT2D eigenvalue weighted by Crippen LogP contribution is -2.42. The molecule has 0 atom stereocenters. The second-order valence-corrected chi connectivity index (χ2v) is 8.84. The van der Waals surface area contributed by atoms with Crippen LogP contribution in [0.15, 0.2) is 27.7 Å². The summed E-state index contributed by atoms with van der Waals surface area (Å²) >= 11 is 3.24. The minimum atomic E-state index is -3.06. The maximum atomic E-state index is 13.7. The molecule has 0 unspecified atom stereocenters. The van der Waals surface area contributed by atoms with Gasteiger partial charge in [0.25, 0.3) is 0 Å². The maximum absolute atomic E-state index is 13.7. The van der Waals surface area contributed by atoms with Gasteiger partial charge in [-0.05, 0) is 37.0 Å². The van der Waals surface area contributed by atoms with Gasteiger partial charge in [0.15, 0.2) is 5.96 Å². The van der Waals surface area contributed by atoms with Gasteiger partial charge in [-0.25, -0.2) is 17.1 Å². The number of nitrogens with zero attached hydrogens (tertiary/aromatic N) is 2. The quantitative estimate of drug-likeness (QED) is 0.389. The van der Waals surface area contributed by atoms with Crippen LogP contribution in [-0.2, 0) is 16.4 Å². The van der Waals surface area contributed by atoms with Crippen LogP contribution in [0.4, 0.5) is 4.39 Å². The SMILES string of the molecule is CN=C(NCCCc1ccc(Br)cc1F)NCCN1CCCS1(=O)=O. The monoisotopic (exact) mass is 434 g/mol. The first-order valence-electron chi connectivity index (χ1n) is 8.28. The van der Waals surface area contributed by atoms with Crippen molar-refractivity contribution in [3.8, 4) is 0 Å². The molecule has 2 N–H and O–H groups in total. The summed E-state index contributed by atoms with van der Waals surface area (Å²) in [4.78, 5) is 4.11. The summed E-state index contributed by atoms with van der Waals surface area (Å²) < 4.78 is 39.4. The highest BCUT2D eigenvalue weighted by molar-refractivity contribution is 9.10. The van der Waals surface area contributed by atoms with Gasteiger partial charge in [0.2, 0.25) is 10.0 Å². The Morgan fingerprint density at radius 2 is 2.12 bits per heavy atom. The molecule has 0 amide bonds. The van der Waals surface area contributed by atoms with E-state index in [2.05, 4.69) is 31.6 Å². The first-order valence-corrected chi connectivity index (χ1v) is 10.7. The number of sulfonamides is 1. The van der Waals surface area contributed by atoms with Crippen LogP contribution in [0.3, 0.4) is 0 Å². The topological polar surface area (TPSA) is 73.8 Å². The molecular weight excluding hydrogens is 411 g/mol. The van der Waals surface area contributed by atoms with Crippen molar-refractivity contribution >= 4 is 31.9 Å². The van der Waals surface area contributed by atoms with Gasteiger partial charge in [0, 0.05) is 37.7 Å². The van der Waals surface area contributed by atoms with E-state index in [-0.39, 0.29) is 11.6 Å². The normalized spacial score (nSPS) is 17.6. The summed E-state index contributed by atoms with van der Waals surface area (Å²) in [5.41, 5.74) is 0.687. The Labute approximate surface area is 157 Å². The smallest absolute Gasteiger partial charge is 0.214 e. The molecule has 0 saturated carbocycles. The van der Waals surface area contributed by atoms with Crippen molar-refractivity contribution in [1.29, 1.82) is 0 Å². The van der Waals surface area contributed by atoms with Crippen LogP contribution in [0.2, 0.25) is 0 Å². The van der Waals surface area contributed by atoms with Crippen molar-refractivity contribution in [1.82, 2.24) is 14.9 Å². The van der Waals surface area contributed by atoms with Gasteiger partial charge in [-0.2, -0.15) is 0 Å². The first kappa shape index (κ1) is 20.1. The zero-order chi connectivity index (χ0) is 18.3. The predicted octanol–water partition coefficient (Wildman–Crippen LogP) is 1.72. The fourth-order valence-corrected chi connectivity index (χ4v) is 4.53. The number of guanidine groups is 1. The van der Waals surface area contributed by atoms with E-state index >= 15 is 0 Å². The third kappa shape index (κ3) is 6.23. The Balaban J connectivity index is 1.66. The van der Waals surface area contributed by atoms with Crippen molar-refractivity contribution in [2.45, 2.75) is 19.3 Å². The zero-order valence-electron chi connectivity index (χ0n) is 14.3. The van der Waals surface area contributed by atoms with E-state index in [0.29, 0.717) is 50.5 Å². The number of aliphatic imine (C=N–C) groups is 1. The number of hydrogen-bond acceptors (Lipinski definition) is 3. The molecule has 0 aromatic heterocycles. The Morgan fingerprint density at radius 3 is 2.76 bits per heavy atom. The highest BCUT2D eigenvalue weighted by Gasteiger charge is 2.27. The molecule has 0 aliphatic carbocycles. The number of nitrogens with one attached hydrogen (secondary N) is 2. The fraction of sp³-hybridized carbons (Fsp3) is 0.562. The van der Waals surface area contributed by atoms with Crippen molar-refractivity contribution in [3.05, 3.63) is 34.1 Å². The van der Waals surface area contributed by atoms with Crippen LogP contribution in [0.25, 0.3) is 0 Å².